The second-order valence-electron chi connectivity index (χ2n) is 2.60. The van der Waals surface area contributed by atoms with Crippen LogP contribution in [0.3, 0.4) is 0 Å². The zero-order valence-corrected chi connectivity index (χ0v) is 8.88. The van der Waals surface area contributed by atoms with Crippen molar-refractivity contribution in [2.24, 2.45) is 0 Å². The number of carbonyl (C=O) groups excluding carboxylic acids is 2. The quantitative estimate of drug-likeness (QED) is 0.390. The van der Waals surface area contributed by atoms with Gasteiger partial charge in [0.2, 0.25) is 0 Å². The van der Waals surface area contributed by atoms with Crippen LogP contribution in [0, 0.1) is 0 Å². The third-order valence-electron chi connectivity index (χ3n) is 1.82. The third kappa shape index (κ3) is 1.72. The van der Waals surface area contributed by atoms with Crippen molar-refractivity contribution in [2.45, 2.75) is 5.60 Å². The van der Waals surface area contributed by atoms with Gasteiger partial charge in [-0.15, -0.1) is 0 Å². The molecule has 0 unspecified atom stereocenters. The summed E-state index contributed by atoms with van der Waals surface area (Å²) in [6, 6.07) is 0. The van der Waals surface area contributed by atoms with E-state index in [-0.39, 0.29) is 6.61 Å². The molecular weight excluding hydrogens is 224 g/mol. The molecule has 0 bridgehead atoms. The fourth-order valence-corrected chi connectivity index (χ4v) is 2.50. The van der Waals surface area contributed by atoms with Gasteiger partial charge in [-0.05, 0) is 0 Å². The van der Waals surface area contributed by atoms with E-state index < -0.39 is 35.8 Å². The first-order chi connectivity index (χ1) is 6.56. The van der Waals surface area contributed by atoms with E-state index in [1.54, 1.807) is 0 Å². The van der Waals surface area contributed by atoms with Crippen molar-refractivity contribution in [3.63, 3.8) is 0 Å². The summed E-state index contributed by atoms with van der Waals surface area (Å²) >= 11 is -3.36. The molecule has 0 spiro atoms. The number of hydrogen-bond acceptors (Lipinski definition) is 5. The van der Waals surface area contributed by atoms with Gasteiger partial charge in [0.15, 0.2) is 0 Å². The molecule has 5 nitrogen and oxygen atoms in total. The molecule has 0 atom stereocenters. The summed E-state index contributed by atoms with van der Waals surface area (Å²) in [4.78, 5) is 22.8. The molecule has 0 aliphatic carbocycles. The minimum atomic E-state index is -3.36. The fourth-order valence-electron chi connectivity index (χ4n) is 1.06. The normalized spacial score (nSPS) is 19.0. The molecule has 0 aromatic heterocycles. The van der Waals surface area contributed by atoms with Crippen LogP contribution in [-0.4, -0.2) is 23.8 Å². The van der Waals surface area contributed by atoms with Crippen molar-refractivity contribution in [1.29, 1.82) is 0 Å². The van der Waals surface area contributed by atoms with Crippen LogP contribution in [0.25, 0.3) is 0 Å². The third-order valence-corrected chi connectivity index (χ3v) is 3.22. The standard InChI is InChI=1S/C8H8O4.O.Ti/c1-3-6(10)8(12,5-9)7(11)4-2;;/h3-4H,1-2,5H2;;/q-2;;+2. The average Bonchev–Trinajstić information content (AvgIpc) is 2.59. The van der Waals surface area contributed by atoms with Crippen molar-refractivity contribution >= 4 is 11.6 Å². The molecule has 1 fully saturated rings. The van der Waals surface area contributed by atoms with Gasteiger partial charge in [-0.2, -0.15) is 0 Å². The van der Waals surface area contributed by atoms with Crippen LogP contribution < -0.4 is 0 Å². The van der Waals surface area contributed by atoms with Crippen molar-refractivity contribution in [3.8, 4) is 0 Å². The molecule has 74 valence electrons. The summed E-state index contributed by atoms with van der Waals surface area (Å²) in [7, 11) is 0. The Hall–Kier alpha value is -0.746. The Morgan fingerprint density at radius 2 is 1.79 bits per heavy atom. The maximum atomic E-state index is 11.4. The van der Waals surface area contributed by atoms with Gasteiger partial charge in [0.1, 0.15) is 0 Å². The molecule has 0 radical (unpaired) electrons. The van der Waals surface area contributed by atoms with Crippen molar-refractivity contribution in [2.75, 3.05) is 6.61 Å². The Morgan fingerprint density at radius 1 is 1.29 bits per heavy atom. The Balaban J connectivity index is 3.09. The first-order valence-electron chi connectivity index (χ1n) is 3.76. The van der Waals surface area contributed by atoms with E-state index in [4.69, 9.17) is 3.32 Å². The van der Waals surface area contributed by atoms with Crippen LogP contribution in [-0.2, 0) is 38.2 Å². The number of ketones is 2. The second-order valence-corrected chi connectivity index (χ2v) is 4.15. The molecule has 6 heteroatoms. The summed E-state index contributed by atoms with van der Waals surface area (Å²) < 4.78 is 20.4. The summed E-state index contributed by atoms with van der Waals surface area (Å²) in [6.45, 7) is 6.16. The Bertz CT molecular complexity index is 313. The summed E-state index contributed by atoms with van der Waals surface area (Å²) in [5, 5.41) is 0. The molecule has 0 aromatic rings. The van der Waals surface area contributed by atoms with Gasteiger partial charge in [-0.3, -0.25) is 0 Å². The van der Waals surface area contributed by atoms with Crippen LogP contribution in [0.4, 0.5) is 0 Å². The van der Waals surface area contributed by atoms with E-state index in [2.05, 4.69) is 16.5 Å². The summed E-state index contributed by atoms with van der Waals surface area (Å²) in [5.41, 5.74) is -1.79. The SMILES string of the molecule is C=CC(=O)C1(C(=O)C=C)C[O][Ti](=[O])[O]1. The Morgan fingerprint density at radius 3 is 2.07 bits per heavy atom. The molecule has 0 N–H and O–H groups in total. The number of hydrogen-bond donors (Lipinski definition) is 0. The zero-order valence-electron chi connectivity index (χ0n) is 7.32. The average molecular weight is 232 g/mol. The molecule has 1 aliphatic heterocycles. The van der Waals surface area contributed by atoms with E-state index >= 15 is 0 Å². The number of rotatable bonds is 4. The van der Waals surface area contributed by atoms with Crippen LogP contribution >= 0.6 is 0 Å². The first kappa shape index (κ1) is 11.3. The van der Waals surface area contributed by atoms with Gasteiger partial charge in [0, 0.05) is 0 Å². The Labute approximate surface area is 87.5 Å². The van der Waals surface area contributed by atoms with Crippen molar-refractivity contribution < 1.29 is 38.2 Å². The molecule has 1 rings (SSSR count). The molecular formula is C8H8O5Ti. The number of carbonyl (C=O) groups is 2. The second kappa shape index (κ2) is 4.19. The van der Waals surface area contributed by atoms with Crippen molar-refractivity contribution in [1.82, 2.24) is 0 Å². The first-order valence-corrected chi connectivity index (χ1v) is 5.67. The van der Waals surface area contributed by atoms with E-state index in [0.717, 1.165) is 12.2 Å². The molecule has 1 saturated heterocycles. The van der Waals surface area contributed by atoms with Crippen molar-refractivity contribution in [3.05, 3.63) is 25.3 Å². The summed E-state index contributed by atoms with van der Waals surface area (Å²) in [6.07, 6.45) is 1.89. The predicted octanol–water partition coefficient (Wildman–Crippen LogP) is 0.0759. The fraction of sp³-hybridized carbons (Fsp3) is 0.250. The van der Waals surface area contributed by atoms with Crippen LogP contribution in [0.1, 0.15) is 0 Å². The molecule has 1 aliphatic rings. The summed E-state index contributed by atoms with van der Waals surface area (Å²) in [5.74, 6) is -1.30. The van der Waals surface area contributed by atoms with E-state index in [0.29, 0.717) is 0 Å². The van der Waals surface area contributed by atoms with Gasteiger partial charge in [-0.1, -0.05) is 0 Å². The van der Waals surface area contributed by atoms with Gasteiger partial charge < -0.3 is 0 Å². The zero-order chi connectivity index (χ0) is 10.8. The molecule has 0 aromatic carbocycles. The maximum absolute atomic E-state index is 11.4. The van der Waals surface area contributed by atoms with Gasteiger partial charge in [0.25, 0.3) is 0 Å². The topological polar surface area (TPSA) is 69.7 Å². The Kier molecular flexibility index (Phi) is 3.39. The van der Waals surface area contributed by atoms with E-state index in [1.807, 2.05) is 0 Å². The minimum absolute atomic E-state index is 0.318. The molecule has 0 amide bonds. The van der Waals surface area contributed by atoms with Crippen LogP contribution in [0.5, 0.6) is 0 Å². The monoisotopic (exact) mass is 232 g/mol. The van der Waals surface area contributed by atoms with Gasteiger partial charge in [0.05, 0.1) is 0 Å². The van der Waals surface area contributed by atoms with E-state index in [9.17, 15) is 12.9 Å². The van der Waals surface area contributed by atoms with Gasteiger partial charge >= 0.3 is 87.3 Å². The molecule has 14 heavy (non-hydrogen) atoms. The van der Waals surface area contributed by atoms with Gasteiger partial charge in [-0.25, -0.2) is 0 Å². The van der Waals surface area contributed by atoms with Crippen LogP contribution in [0.15, 0.2) is 25.3 Å². The van der Waals surface area contributed by atoms with E-state index in [1.165, 1.54) is 0 Å². The predicted molar refractivity (Wildman–Crippen MR) is 40.9 cm³/mol. The molecule has 0 saturated carbocycles. The van der Waals surface area contributed by atoms with Crippen LogP contribution in [0.2, 0.25) is 0 Å². The molecule has 1 heterocycles.